The Hall–Kier alpha value is -3.08. The van der Waals surface area contributed by atoms with Gasteiger partial charge in [-0.25, -0.2) is 9.78 Å². The lowest BCUT2D eigenvalue weighted by Gasteiger charge is -2.30. The summed E-state index contributed by atoms with van der Waals surface area (Å²) in [7, 11) is 0. The summed E-state index contributed by atoms with van der Waals surface area (Å²) >= 11 is 0. The van der Waals surface area contributed by atoms with Gasteiger partial charge in [0.1, 0.15) is 5.82 Å². The number of nitriles is 1. The first kappa shape index (κ1) is 18.7. The lowest BCUT2D eigenvalue weighted by Crippen LogP contribution is -2.42. The number of nitrogens with zero attached hydrogens (tertiary/aromatic N) is 4. The number of anilines is 2. The smallest absolute Gasteiger partial charge is 0.407 e. The molecular formula is C19H24N6O2. The summed E-state index contributed by atoms with van der Waals surface area (Å²) in [6.07, 6.45) is 3.75. The van der Waals surface area contributed by atoms with E-state index in [1.54, 1.807) is 11.1 Å². The van der Waals surface area contributed by atoms with E-state index in [9.17, 15) is 9.90 Å². The van der Waals surface area contributed by atoms with Gasteiger partial charge in [0.05, 0.1) is 12.5 Å². The average Bonchev–Trinajstić information content (AvgIpc) is 3.26. The molecule has 3 rings (SSSR count). The van der Waals surface area contributed by atoms with Crippen LogP contribution >= 0.6 is 0 Å². The average molecular weight is 368 g/mol. The van der Waals surface area contributed by atoms with Gasteiger partial charge in [0.25, 0.3) is 0 Å². The van der Waals surface area contributed by atoms with E-state index in [1.165, 1.54) is 0 Å². The third kappa shape index (κ3) is 4.37. The number of nitrogens with one attached hydrogen (secondary N) is 2. The number of hydrogen-bond acceptors (Lipinski definition) is 5. The zero-order valence-electron chi connectivity index (χ0n) is 15.5. The third-order valence-electron chi connectivity index (χ3n) is 4.98. The van der Waals surface area contributed by atoms with Gasteiger partial charge < -0.3 is 15.3 Å². The van der Waals surface area contributed by atoms with Gasteiger partial charge in [0.2, 0.25) is 0 Å². The van der Waals surface area contributed by atoms with Gasteiger partial charge >= 0.3 is 6.09 Å². The first-order valence-electron chi connectivity index (χ1n) is 9.13. The van der Waals surface area contributed by atoms with E-state index in [2.05, 4.69) is 26.6 Å². The van der Waals surface area contributed by atoms with Gasteiger partial charge in [-0.15, -0.1) is 0 Å². The Kier molecular flexibility index (Phi) is 5.60. The molecule has 1 aliphatic rings. The van der Waals surface area contributed by atoms with E-state index in [-0.39, 0.29) is 18.0 Å². The molecular weight excluding hydrogens is 344 g/mol. The first-order chi connectivity index (χ1) is 13.0. The van der Waals surface area contributed by atoms with E-state index in [1.807, 2.05) is 32.0 Å². The summed E-state index contributed by atoms with van der Waals surface area (Å²) < 4.78 is 0. The second-order valence-corrected chi connectivity index (χ2v) is 7.17. The summed E-state index contributed by atoms with van der Waals surface area (Å²) in [4.78, 5) is 17.4. The number of H-pyrrole nitrogens is 1. The molecule has 1 amide bonds. The highest BCUT2D eigenvalue weighted by molar-refractivity contribution is 5.66. The molecule has 0 radical (unpaired) electrons. The summed E-state index contributed by atoms with van der Waals surface area (Å²) in [6, 6.07) is 7.75. The normalized spacial score (nSPS) is 19.0. The molecule has 0 bridgehead atoms. The van der Waals surface area contributed by atoms with E-state index < -0.39 is 6.09 Å². The van der Waals surface area contributed by atoms with E-state index in [0.717, 1.165) is 30.5 Å². The minimum atomic E-state index is -0.853. The van der Waals surface area contributed by atoms with Crippen LogP contribution in [0.25, 0.3) is 0 Å². The maximum Gasteiger partial charge on any atom is 0.407 e. The van der Waals surface area contributed by atoms with Crippen molar-refractivity contribution >= 4 is 17.7 Å². The van der Waals surface area contributed by atoms with Gasteiger partial charge in [-0.2, -0.15) is 10.4 Å². The van der Waals surface area contributed by atoms with Crippen LogP contribution in [-0.4, -0.2) is 43.4 Å². The van der Waals surface area contributed by atoms with Crippen molar-refractivity contribution in [3.05, 3.63) is 35.7 Å². The zero-order chi connectivity index (χ0) is 19.4. The molecule has 0 spiro atoms. The van der Waals surface area contributed by atoms with E-state index in [0.29, 0.717) is 18.1 Å². The first-order valence-corrected chi connectivity index (χ1v) is 9.13. The van der Waals surface area contributed by atoms with Crippen molar-refractivity contribution in [3.63, 3.8) is 0 Å². The van der Waals surface area contributed by atoms with Crippen LogP contribution in [0, 0.1) is 11.3 Å². The molecule has 0 aliphatic heterocycles. The fourth-order valence-electron chi connectivity index (χ4n) is 3.73. The number of aromatic nitrogens is 3. The number of rotatable bonds is 6. The molecule has 2 aromatic heterocycles. The Morgan fingerprint density at radius 2 is 2.26 bits per heavy atom. The largest absolute Gasteiger partial charge is 0.465 e. The molecule has 142 valence electrons. The number of pyridine rings is 1. The monoisotopic (exact) mass is 368 g/mol. The number of carboxylic acid groups (broad SMARTS) is 1. The van der Waals surface area contributed by atoms with Crippen LogP contribution < -0.4 is 5.32 Å². The minimum absolute atomic E-state index is 0.0275. The summed E-state index contributed by atoms with van der Waals surface area (Å²) in [5, 5.41) is 28.7. The molecule has 3 N–H and O–H groups in total. The highest BCUT2D eigenvalue weighted by Crippen LogP contribution is 2.37. The molecule has 1 saturated carbocycles. The molecule has 1 unspecified atom stereocenters. The van der Waals surface area contributed by atoms with Crippen LogP contribution in [0.3, 0.4) is 0 Å². The SMILES string of the molecule is CC(C)N(C(=O)O)C1CC[C@H](c2cc(Nc3ccc(CC#N)cn3)n[nH]2)C1. The standard InChI is InChI=1S/C19H24N6O2/c1-12(2)25(19(26)27)15-5-4-14(9-15)16-10-18(24-23-16)22-17-6-3-13(7-8-20)11-21-17/h3,6,10-12,14-15H,4-5,7,9H2,1-2H3,(H,26,27)(H2,21,22,23,24)/t14-,15?/m0/s1. The molecule has 0 saturated heterocycles. The summed E-state index contributed by atoms with van der Waals surface area (Å²) in [5.41, 5.74) is 1.88. The van der Waals surface area contributed by atoms with Crippen LogP contribution in [0.15, 0.2) is 24.4 Å². The lowest BCUT2D eigenvalue weighted by molar-refractivity contribution is 0.108. The molecule has 2 heterocycles. The topological polar surface area (TPSA) is 118 Å². The second-order valence-electron chi connectivity index (χ2n) is 7.17. The maximum absolute atomic E-state index is 11.5. The van der Waals surface area contributed by atoms with Gasteiger partial charge in [0, 0.05) is 36.0 Å². The van der Waals surface area contributed by atoms with Gasteiger partial charge in [-0.1, -0.05) is 6.07 Å². The quantitative estimate of drug-likeness (QED) is 0.716. The molecule has 8 heteroatoms. The van der Waals surface area contributed by atoms with Crippen molar-refractivity contribution in [2.24, 2.45) is 0 Å². The zero-order valence-corrected chi connectivity index (χ0v) is 15.5. The van der Waals surface area contributed by atoms with Crippen LogP contribution in [0.4, 0.5) is 16.4 Å². The minimum Gasteiger partial charge on any atom is -0.465 e. The fourth-order valence-corrected chi connectivity index (χ4v) is 3.73. The lowest BCUT2D eigenvalue weighted by atomic mass is 10.0. The highest BCUT2D eigenvalue weighted by atomic mass is 16.4. The molecule has 2 aromatic rings. The molecule has 27 heavy (non-hydrogen) atoms. The Labute approximate surface area is 158 Å². The second kappa shape index (κ2) is 8.08. The van der Waals surface area contributed by atoms with Gasteiger partial charge in [-0.3, -0.25) is 5.10 Å². The molecule has 8 nitrogen and oxygen atoms in total. The van der Waals surface area contributed by atoms with Gasteiger partial charge in [0.15, 0.2) is 5.82 Å². The van der Waals surface area contributed by atoms with Crippen molar-refractivity contribution in [2.75, 3.05) is 5.32 Å². The van der Waals surface area contributed by atoms with E-state index >= 15 is 0 Å². The molecule has 2 atom stereocenters. The van der Waals surface area contributed by atoms with Crippen LogP contribution in [0.2, 0.25) is 0 Å². The predicted octanol–water partition coefficient (Wildman–Crippen LogP) is 3.64. The highest BCUT2D eigenvalue weighted by Gasteiger charge is 2.34. The molecule has 0 aromatic carbocycles. The molecule has 1 fully saturated rings. The number of amides is 1. The Bertz CT molecular complexity index is 823. The van der Waals surface area contributed by atoms with Crippen LogP contribution in [0.5, 0.6) is 0 Å². The fraction of sp³-hybridized carbons (Fsp3) is 0.474. The van der Waals surface area contributed by atoms with Crippen molar-refractivity contribution in [1.82, 2.24) is 20.1 Å². The molecule has 1 aliphatic carbocycles. The van der Waals surface area contributed by atoms with Crippen molar-refractivity contribution in [2.45, 2.75) is 57.5 Å². The van der Waals surface area contributed by atoms with Crippen molar-refractivity contribution in [1.29, 1.82) is 5.26 Å². The predicted molar refractivity (Wildman–Crippen MR) is 101 cm³/mol. The maximum atomic E-state index is 11.5. The van der Waals surface area contributed by atoms with Gasteiger partial charge in [-0.05, 0) is 44.7 Å². The number of aromatic amines is 1. The summed E-state index contributed by atoms with van der Waals surface area (Å²) in [5.74, 6) is 1.61. The van der Waals surface area contributed by atoms with Crippen molar-refractivity contribution in [3.8, 4) is 6.07 Å². The Morgan fingerprint density at radius 3 is 2.89 bits per heavy atom. The number of hydrogen-bond donors (Lipinski definition) is 3. The number of carbonyl (C=O) groups is 1. The summed E-state index contributed by atoms with van der Waals surface area (Å²) in [6.45, 7) is 3.82. The Balaban J connectivity index is 1.62. The third-order valence-corrected chi connectivity index (χ3v) is 4.98. The van der Waals surface area contributed by atoms with E-state index in [4.69, 9.17) is 5.26 Å². The Morgan fingerprint density at radius 1 is 1.44 bits per heavy atom. The van der Waals surface area contributed by atoms with Crippen LogP contribution in [0.1, 0.15) is 50.3 Å². The van der Waals surface area contributed by atoms with Crippen LogP contribution in [-0.2, 0) is 6.42 Å². The van der Waals surface area contributed by atoms with Crippen molar-refractivity contribution < 1.29 is 9.90 Å².